The second kappa shape index (κ2) is 6.49. The number of amides is 1. The van der Waals surface area contributed by atoms with Gasteiger partial charge < -0.3 is 14.6 Å². The van der Waals surface area contributed by atoms with E-state index >= 15 is 0 Å². The maximum atomic E-state index is 12.0. The highest BCUT2D eigenvalue weighted by atomic mass is 79.9. The first-order valence-corrected chi connectivity index (χ1v) is 6.76. The van der Waals surface area contributed by atoms with Gasteiger partial charge in [-0.15, -0.1) is 0 Å². The lowest BCUT2D eigenvalue weighted by Gasteiger charge is -2.07. The van der Waals surface area contributed by atoms with Crippen LogP contribution in [0.25, 0.3) is 0 Å². The lowest BCUT2D eigenvalue weighted by Crippen LogP contribution is -2.13. The normalized spacial score (nSPS) is 10.4. The van der Waals surface area contributed by atoms with Crippen LogP contribution < -0.4 is 5.32 Å². The molecule has 0 unspecified atom stereocenters. The van der Waals surface area contributed by atoms with Crippen molar-refractivity contribution in [2.24, 2.45) is 0 Å². The fraction of sp³-hybridized carbons (Fsp3) is 0.231. The fourth-order valence-electron chi connectivity index (χ4n) is 1.58. The first-order valence-electron chi connectivity index (χ1n) is 5.64. The Balaban J connectivity index is 2.11. The van der Waals surface area contributed by atoms with Gasteiger partial charge in [0.15, 0.2) is 11.5 Å². The Morgan fingerprint density at radius 3 is 3.00 bits per heavy atom. The Kier molecular flexibility index (Phi) is 4.70. The number of carbonyl (C=O) groups is 1. The highest BCUT2D eigenvalue weighted by molar-refractivity contribution is 9.08. The molecular weight excluding hydrogens is 312 g/mol. The maximum Gasteiger partial charge on any atom is 0.277 e. The molecule has 19 heavy (non-hydrogen) atoms. The van der Waals surface area contributed by atoms with Gasteiger partial charge in [0.25, 0.3) is 5.91 Å². The second-order valence-corrected chi connectivity index (χ2v) is 4.42. The molecule has 1 heterocycles. The van der Waals surface area contributed by atoms with Crippen molar-refractivity contribution in [1.29, 1.82) is 0 Å². The molecule has 1 N–H and O–H groups in total. The largest absolute Gasteiger partial charge is 0.377 e. The number of rotatable bonds is 5. The molecule has 0 aliphatic rings. The number of nitrogens with zero attached hydrogens (tertiary/aromatic N) is 1. The Hall–Kier alpha value is -1.66. The van der Waals surface area contributed by atoms with Crippen LogP contribution in [0.1, 0.15) is 21.8 Å². The first-order chi connectivity index (χ1) is 9.24. The number of alkyl halides is 1. The van der Waals surface area contributed by atoms with E-state index in [1.165, 1.54) is 0 Å². The molecule has 0 spiro atoms. The summed E-state index contributed by atoms with van der Waals surface area (Å²) in [6.07, 6.45) is 0. The number of hydrogen-bond donors (Lipinski definition) is 1. The highest BCUT2D eigenvalue weighted by Gasteiger charge is 2.13. The summed E-state index contributed by atoms with van der Waals surface area (Å²) in [7, 11) is 1.55. The van der Waals surface area contributed by atoms with Crippen molar-refractivity contribution in [3.05, 3.63) is 47.3 Å². The lowest BCUT2D eigenvalue weighted by atomic mass is 10.2. The molecule has 0 fully saturated rings. The van der Waals surface area contributed by atoms with E-state index in [2.05, 4.69) is 26.4 Å². The number of methoxy groups -OCH3 is 1. The standard InChI is InChI=1S/C13H13BrN2O3/c1-18-8-10-6-12(16-19-10)13(17)15-11-5-3-2-4-9(11)7-14/h2-6H,7-8H2,1H3,(H,15,17). The number of benzene rings is 1. The predicted octanol–water partition coefficient (Wildman–Crippen LogP) is 2.97. The molecule has 0 bridgehead atoms. The van der Waals surface area contributed by atoms with Crippen LogP contribution in [0.15, 0.2) is 34.9 Å². The monoisotopic (exact) mass is 324 g/mol. The molecule has 1 aromatic heterocycles. The van der Waals surface area contributed by atoms with Crippen molar-refractivity contribution < 1.29 is 14.1 Å². The van der Waals surface area contributed by atoms with E-state index in [-0.39, 0.29) is 18.2 Å². The van der Waals surface area contributed by atoms with Crippen LogP contribution in [0, 0.1) is 0 Å². The van der Waals surface area contributed by atoms with E-state index < -0.39 is 0 Å². The average molecular weight is 325 g/mol. The van der Waals surface area contributed by atoms with Crippen molar-refractivity contribution in [2.75, 3.05) is 12.4 Å². The third kappa shape index (κ3) is 3.42. The highest BCUT2D eigenvalue weighted by Crippen LogP contribution is 2.18. The molecule has 0 aliphatic carbocycles. The minimum Gasteiger partial charge on any atom is -0.377 e. The minimum atomic E-state index is -0.306. The topological polar surface area (TPSA) is 64.4 Å². The summed E-state index contributed by atoms with van der Waals surface area (Å²) < 4.78 is 9.88. The van der Waals surface area contributed by atoms with Gasteiger partial charge in [0.1, 0.15) is 6.61 Å². The maximum absolute atomic E-state index is 12.0. The van der Waals surface area contributed by atoms with Crippen molar-refractivity contribution >= 4 is 27.5 Å². The van der Waals surface area contributed by atoms with Crippen molar-refractivity contribution in [3.63, 3.8) is 0 Å². The van der Waals surface area contributed by atoms with Crippen molar-refractivity contribution in [2.45, 2.75) is 11.9 Å². The number of para-hydroxylation sites is 1. The number of ether oxygens (including phenoxy) is 1. The summed E-state index contributed by atoms with van der Waals surface area (Å²) >= 11 is 3.38. The summed E-state index contributed by atoms with van der Waals surface area (Å²) in [5.41, 5.74) is 1.98. The first kappa shape index (κ1) is 13.8. The molecule has 0 saturated heterocycles. The van der Waals surface area contributed by atoms with E-state index in [0.29, 0.717) is 11.1 Å². The third-order valence-electron chi connectivity index (χ3n) is 2.49. The number of nitrogens with one attached hydrogen (secondary N) is 1. The van der Waals surface area contributed by atoms with E-state index in [1.54, 1.807) is 13.2 Å². The van der Waals surface area contributed by atoms with Crippen LogP contribution in [0.4, 0.5) is 5.69 Å². The summed E-state index contributed by atoms with van der Waals surface area (Å²) in [5.74, 6) is 0.209. The molecule has 6 heteroatoms. The Bertz CT molecular complexity index is 569. The summed E-state index contributed by atoms with van der Waals surface area (Å²) in [6.45, 7) is 0.290. The van der Waals surface area contributed by atoms with Gasteiger partial charge >= 0.3 is 0 Å². The van der Waals surface area contributed by atoms with Crippen molar-refractivity contribution in [3.8, 4) is 0 Å². The molecule has 5 nitrogen and oxygen atoms in total. The SMILES string of the molecule is COCc1cc(C(=O)Nc2ccccc2CBr)no1. The molecule has 2 aromatic rings. The third-order valence-corrected chi connectivity index (χ3v) is 3.09. The van der Waals surface area contributed by atoms with Gasteiger partial charge in [0, 0.05) is 24.2 Å². The van der Waals surface area contributed by atoms with Crippen LogP contribution in [0.5, 0.6) is 0 Å². The molecule has 0 radical (unpaired) electrons. The van der Waals surface area contributed by atoms with E-state index in [0.717, 1.165) is 11.3 Å². The predicted molar refractivity (Wildman–Crippen MR) is 74.2 cm³/mol. The zero-order valence-corrected chi connectivity index (χ0v) is 11.9. The molecular formula is C13H13BrN2O3. The number of carbonyl (C=O) groups excluding carboxylic acids is 1. The molecule has 1 amide bonds. The van der Waals surface area contributed by atoms with Gasteiger partial charge in [-0.1, -0.05) is 39.3 Å². The van der Waals surface area contributed by atoms with Gasteiger partial charge in [-0.05, 0) is 11.6 Å². The molecule has 2 rings (SSSR count). The Labute approximate surface area is 119 Å². The van der Waals surface area contributed by atoms with Crippen LogP contribution in [0.3, 0.4) is 0 Å². The van der Waals surface area contributed by atoms with Gasteiger partial charge in [-0.3, -0.25) is 4.79 Å². The Morgan fingerprint density at radius 1 is 1.47 bits per heavy atom. The van der Waals surface area contributed by atoms with Crippen molar-refractivity contribution in [1.82, 2.24) is 5.16 Å². The number of anilines is 1. The summed E-state index contributed by atoms with van der Waals surface area (Å²) in [4.78, 5) is 12.0. The summed E-state index contributed by atoms with van der Waals surface area (Å²) in [6, 6.07) is 9.11. The zero-order chi connectivity index (χ0) is 13.7. The van der Waals surface area contributed by atoms with E-state index in [9.17, 15) is 4.79 Å². The van der Waals surface area contributed by atoms with E-state index in [1.807, 2.05) is 24.3 Å². The fourth-order valence-corrected chi connectivity index (χ4v) is 2.06. The zero-order valence-electron chi connectivity index (χ0n) is 10.4. The second-order valence-electron chi connectivity index (χ2n) is 3.86. The molecule has 0 saturated carbocycles. The molecule has 0 aliphatic heterocycles. The van der Waals surface area contributed by atoms with Crippen LogP contribution in [-0.2, 0) is 16.7 Å². The summed E-state index contributed by atoms with van der Waals surface area (Å²) in [5, 5.41) is 7.17. The van der Waals surface area contributed by atoms with Gasteiger partial charge in [-0.2, -0.15) is 0 Å². The smallest absolute Gasteiger partial charge is 0.277 e. The van der Waals surface area contributed by atoms with Crippen LogP contribution >= 0.6 is 15.9 Å². The van der Waals surface area contributed by atoms with Crippen LogP contribution in [0.2, 0.25) is 0 Å². The van der Waals surface area contributed by atoms with E-state index in [4.69, 9.17) is 9.26 Å². The Morgan fingerprint density at radius 2 is 2.26 bits per heavy atom. The quantitative estimate of drug-likeness (QED) is 0.859. The average Bonchev–Trinajstić information content (AvgIpc) is 2.88. The van der Waals surface area contributed by atoms with Gasteiger partial charge in [0.05, 0.1) is 0 Å². The molecule has 100 valence electrons. The number of aromatic nitrogens is 1. The molecule has 1 aromatic carbocycles. The van der Waals surface area contributed by atoms with Gasteiger partial charge in [-0.25, -0.2) is 0 Å². The number of hydrogen-bond acceptors (Lipinski definition) is 4. The minimum absolute atomic E-state index is 0.233. The van der Waals surface area contributed by atoms with Gasteiger partial charge in [0.2, 0.25) is 0 Å². The van der Waals surface area contributed by atoms with Crippen LogP contribution in [-0.4, -0.2) is 18.2 Å². The number of halogens is 1. The lowest BCUT2D eigenvalue weighted by molar-refractivity contribution is 0.101. The molecule has 0 atom stereocenters.